The van der Waals surface area contributed by atoms with Gasteiger partial charge < -0.3 is 9.80 Å². The van der Waals surface area contributed by atoms with Crippen LogP contribution in [-0.4, -0.2) is 41.5 Å². The summed E-state index contributed by atoms with van der Waals surface area (Å²) in [6, 6.07) is 14.6. The molecule has 27 heavy (non-hydrogen) atoms. The largest absolute Gasteiger partial charge is 0.365 e. The molecule has 4 nitrogen and oxygen atoms in total. The second-order valence-corrected chi connectivity index (χ2v) is 7.85. The van der Waals surface area contributed by atoms with Crippen molar-refractivity contribution in [3.8, 4) is 11.3 Å². The third kappa shape index (κ3) is 3.74. The summed E-state index contributed by atoms with van der Waals surface area (Å²) in [5.41, 5.74) is 5.12. The molecule has 138 valence electrons. The number of benzene rings is 1. The van der Waals surface area contributed by atoms with Crippen LogP contribution in [0.25, 0.3) is 11.3 Å². The maximum absolute atomic E-state index is 13.0. The zero-order valence-corrected chi connectivity index (χ0v) is 16.4. The molecule has 0 spiro atoms. The molecule has 3 heterocycles. The van der Waals surface area contributed by atoms with Gasteiger partial charge in [0.25, 0.3) is 5.91 Å². The maximum Gasteiger partial charge on any atom is 0.254 e. The van der Waals surface area contributed by atoms with Crippen LogP contribution in [0.5, 0.6) is 0 Å². The van der Waals surface area contributed by atoms with Crippen LogP contribution in [0.4, 0.5) is 5.69 Å². The number of carbonyl (C=O) groups is 1. The highest BCUT2D eigenvalue weighted by atomic mass is 32.1. The van der Waals surface area contributed by atoms with Gasteiger partial charge >= 0.3 is 0 Å². The lowest BCUT2D eigenvalue weighted by molar-refractivity contribution is 0.0726. The Kier molecular flexibility index (Phi) is 4.94. The van der Waals surface area contributed by atoms with Gasteiger partial charge in [0.1, 0.15) is 0 Å². The molecule has 0 N–H and O–H groups in total. The molecule has 1 fully saturated rings. The van der Waals surface area contributed by atoms with Crippen molar-refractivity contribution >= 4 is 22.9 Å². The number of carbonyl (C=O) groups excluding carboxylic acids is 1. The molecule has 1 amide bonds. The fraction of sp³-hybridized carbons (Fsp3) is 0.273. The Balaban J connectivity index is 1.49. The van der Waals surface area contributed by atoms with E-state index in [-0.39, 0.29) is 11.9 Å². The summed E-state index contributed by atoms with van der Waals surface area (Å²) in [4.78, 5) is 21.8. The lowest BCUT2D eigenvalue weighted by atomic mass is 10.1. The van der Waals surface area contributed by atoms with Crippen LogP contribution in [0.3, 0.4) is 0 Å². The van der Waals surface area contributed by atoms with Gasteiger partial charge in [-0.2, -0.15) is 11.3 Å². The van der Waals surface area contributed by atoms with E-state index in [0.29, 0.717) is 5.56 Å². The van der Waals surface area contributed by atoms with E-state index in [1.165, 1.54) is 11.3 Å². The summed E-state index contributed by atoms with van der Waals surface area (Å²) < 4.78 is 0. The smallest absolute Gasteiger partial charge is 0.254 e. The molecule has 4 rings (SSSR count). The molecule has 1 unspecified atom stereocenters. The van der Waals surface area contributed by atoms with Crippen LogP contribution in [0.15, 0.2) is 59.4 Å². The molecule has 1 aliphatic heterocycles. The lowest BCUT2D eigenvalue weighted by Gasteiger charge is -2.41. The van der Waals surface area contributed by atoms with E-state index >= 15 is 0 Å². The third-order valence-corrected chi connectivity index (χ3v) is 5.76. The van der Waals surface area contributed by atoms with Crippen LogP contribution < -0.4 is 4.90 Å². The minimum absolute atomic E-state index is 0.0876. The highest BCUT2D eigenvalue weighted by Gasteiger charge is 2.27. The quantitative estimate of drug-likeness (QED) is 0.676. The number of aromatic nitrogens is 1. The fourth-order valence-corrected chi connectivity index (χ4v) is 4.30. The summed E-state index contributed by atoms with van der Waals surface area (Å²) in [6.45, 7) is 6.60. The van der Waals surface area contributed by atoms with Gasteiger partial charge in [0.2, 0.25) is 0 Å². The summed E-state index contributed by atoms with van der Waals surface area (Å²) in [6.07, 6.45) is 1.73. The van der Waals surface area contributed by atoms with Crippen molar-refractivity contribution < 1.29 is 4.79 Å². The number of piperazine rings is 1. The number of hydrogen-bond donors (Lipinski definition) is 0. The van der Waals surface area contributed by atoms with Gasteiger partial charge in [-0.25, -0.2) is 0 Å². The lowest BCUT2D eigenvalue weighted by Crippen LogP contribution is -2.53. The summed E-state index contributed by atoms with van der Waals surface area (Å²) in [5.74, 6) is 0.0876. The standard InChI is InChI=1S/C22H23N3OS/c1-16-4-3-5-20(12-16)25-10-9-24(14-17(25)2)22(26)18-6-8-23-21(13-18)19-7-11-27-15-19/h3-8,11-13,15,17H,9-10,14H2,1-2H3. The van der Waals surface area contributed by atoms with Crippen molar-refractivity contribution in [3.63, 3.8) is 0 Å². The molecule has 3 aromatic rings. The third-order valence-electron chi connectivity index (χ3n) is 5.07. The Hall–Kier alpha value is -2.66. The Labute approximate surface area is 164 Å². The number of nitrogens with zero attached hydrogens (tertiary/aromatic N) is 3. The van der Waals surface area contributed by atoms with E-state index in [2.05, 4.69) is 53.4 Å². The average molecular weight is 378 g/mol. The van der Waals surface area contributed by atoms with Crippen molar-refractivity contribution in [2.45, 2.75) is 19.9 Å². The van der Waals surface area contributed by atoms with Crippen molar-refractivity contribution in [3.05, 3.63) is 70.5 Å². The molecule has 0 aliphatic carbocycles. The van der Waals surface area contributed by atoms with Crippen LogP contribution in [0.2, 0.25) is 0 Å². The van der Waals surface area contributed by atoms with E-state index in [9.17, 15) is 4.79 Å². The second-order valence-electron chi connectivity index (χ2n) is 7.07. The van der Waals surface area contributed by atoms with E-state index < -0.39 is 0 Å². The molecule has 1 atom stereocenters. The first-order valence-corrected chi connectivity index (χ1v) is 10.2. The summed E-state index contributed by atoms with van der Waals surface area (Å²) >= 11 is 1.64. The SMILES string of the molecule is Cc1cccc(N2CCN(C(=O)c3ccnc(-c4ccsc4)c3)CC2C)c1. The molecule has 0 radical (unpaired) electrons. The van der Waals surface area contributed by atoms with Crippen LogP contribution in [-0.2, 0) is 0 Å². The van der Waals surface area contributed by atoms with Crippen LogP contribution in [0.1, 0.15) is 22.8 Å². The van der Waals surface area contributed by atoms with Gasteiger partial charge in [-0.15, -0.1) is 0 Å². The van der Waals surface area contributed by atoms with Crippen molar-refractivity contribution in [1.82, 2.24) is 9.88 Å². The molecule has 0 bridgehead atoms. The zero-order valence-electron chi connectivity index (χ0n) is 15.6. The van der Waals surface area contributed by atoms with E-state index in [0.717, 1.165) is 30.9 Å². The average Bonchev–Trinajstić information content (AvgIpc) is 3.22. The highest BCUT2D eigenvalue weighted by molar-refractivity contribution is 7.08. The molecule has 5 heteroatoms. The number of hydrogen-bond acceptors (Lipinski definition) is 4. The Morgan fingerprint density at radius 3 is 2.81 bits per heavy atom. The van der Waals surface area contributed by atoms with Crippen LogP contribution in [0, 0.1) is 6.92 Å². The fourth-order valence-electron chi connectivity index (χ4n) is 3.65. The van der Waals surface area contributed by atoms with Crippen LogP contribution >= 0.6 is 11.3 Å². The molecule has 1 saturated heterocycles. The van der Waals surface area contributed by atoms with Gasteiger partial charge in [0, 0.05) is 54.1 Å². The first-order chi connectivity index (χ1) is 13.1. The molecule has 1 aromatic carbocycles. The van der Waals surface area contributed by atoms with E-state index in [1.807, 2.05) is 28.5 Å². The van der Waals surface area contributed by atoms with E-state index in [1.54, 1.807) is 17.5 Å². The minimum atomic E-state index is 0.0876. The predicted molar refractivity (Wildman–Crippen MR) is 111 cm³/mol. The highest BCUT2D eigenvalue weighted by Crippen LogP contribution is 2.24. The number of anilines is 1. The normalized spacial score (nSPS) is 17.2. The minimum Gasteiger partial charge on any atom is -0.365 e. The van der Waals surface area contributed by atoms with Crippen molar-refractivity contribution in [2.75, 3.05) is 24.5 Å². The summed E-state index contributed by atoms with van der Waals surface area (Å²) in [5, 5.41) is 4.08. The van der Waals surface area contributed by atoms with Crippen molar-refractivity contribution in [1.29, 1.82) is 0 Å². The number of pyridine rings is 1. The topological polar surface area (TPSA) is 36.4 Å². The van der Waals surface area contributed by atoms with Gasteiger partial charge in [0.15, 0.2) is 0 Å². The molecular weight excluding hydrogens is 354 g/mol. The van der Waals surface area contributed by atoms with Gasteiger partial charge in [-0.05, 0) is 55.1 Å². The molecule has 2 aromatic heterocycles. The first-order valence-electron chi connectivity index (χ1n) is 9.23. The number of aryl methyl sites for hydroxylation is 1. The Morgan fingerprint density at radius 1 is 1.19 bits per heavy atom. The Morgan fingerprint density at radius 2 is 2.07 bits per heavy atom. The molecular formula is C22H23N3OS. The van der Waals surface area contributed by atoms with Gasteiger partial charge in [0.05, 0.1) is 5.69 Å². The second kappa shape index (κ2) is 7.53. The number of amides is 1. The number of thiophene rings is 1. The Bertz CT molecular complexity index is 938. The monoisotopic (exact) mass is 377 g/mol. The maximum atomic E-state index is 13.0. The predicted octanol–water partition coefficient (Wildman–Crippen LogP) is 4.47. The zero-order chi connectivity index (χ0) is 18.8. The molecule has 1 aliphatic rings. The van der Waals surface area contributed by atoms with Gasteiger partial charge in [-0.3, -0.25) is 9.78 Å². The van der Waals surface area contributed by atoms with Gasteiger partial charge in [-0.1, -0.05) is 12.1 Å². The summed E-state index contributed by atoms with van der Waals surface area (Å²) in [7, 11) is 0. The molecule has 0 saturated carbocycles. The number of rotatable bonds is 3. The van der Waals surface area contributed by atoms with E-state index in [4.69, 9.17) is 0 Å². The van der Waals surface area contributed by atoms with Crippen molar-refractivity contribution in [2.24, 2.45) is 0 Å². The first kappa shape index (κ1) is 17.7.